The maximum atomic E-state index is 11.7. The summed E-state index contributed by atoms with van der Waals surface area (Å²) in [5.41, 5.74) is -0.116. The number of carboxylic acid groups (broad SMARTS) is 1. The van der Waals surface area contributed by atoms with Crippen LogP contribution in [0.2, 0.25) is 0 Å². The first-order valence-corrected chi connectivity index (χ1v) is 6.85. The van der Waals surface area contributed by atoms with Gasteiger partial charge in [0.2, 0.25) is 0 Å². The van der Waals surface area contributed by atoms with E-state index in [9.17, 15) is 9.59 Å². The summed E-state index contributed by atoms with van der Waals surface area (Å²) >= 11 is 0. The van der Waals surface area contributed by atoms with Gasteiger partial charge in [0.25, 0.3) is 0 Å². The molecule has 0 bridgehead atoms. The normalized spacial score (nSPS) is 16.1. The highest BCUT2D eigenvalue weighted by Crippen LogP contribution is 2.34. The van der Waals surface area contributed by atoms with Gasteiger partial charge < -0.3 is 24.9 Å². The average molecular weight is 296 g/mol. The quantitative estimate of drug-likeness (QED) is 0.741. The molecule has 1 aromatic heterocycles. The Hall–Kier alpha value is -2.02. The van der Waals surface area contributed by atoms with E-state index >= 15 is 0 Å². The van der Waals surface area contributed by atoms with Gasteiger partial charge in [-0.2, -0.15) is 0 Å². The van der Waals surface area contributed by atoms with Gasteiger partial charge in [-0.15, -0.1) is 0 Å². The fraction of sp³-hybridized carbons (Fsp3) is 0.571. The molecule has 0 aliphatic heterocycles. The molecule has 0 unspecified atom stereocenters. The van der Waals surface area contributed by atoms with E-state index in [4.69, 9.17) is 14.3 Å². The predicted octanol–water partition coefficient (Wildman–Crippen LogP) is 1.65. The SMILES string of the molecule is COC1(CNC(=O)NCc2cc(C(=O)O)c(C)o2)CCC1. The van der Waals surface area contributed by atoms with Gasteiger partial charge in [-0.3, -0.25) is 0 Å². The molecule has 21 heavy (non-hydrogen) atoms. The fourth-order valence-electron chi connectivity index (χ4n) is 2.34. The Bertz CT molecular complexity index is 528. The predicted molar refractivity (Wildman–Crippen MR) is 74.2 cm³/mol. The number of nitrogens with one attached hydrogen (secondary N) is 2. The molecular weight excluding hydrogens is 276 g/mol. The van der Waals surface area contributed by atoms with Gasteiger partial charge in [0.1, 0.15) is 17.1 Å². The number of carbonyl (C=O) groups excluding carboxylic acids is 1. The Morgan fingerprint density at radius 2 is 2.14 bits per heavy atom. The molecule has 0 aromatic carbocycles. The van der Waals surface area contributed by atoms with Crippen LogP contribution in [0.4, 0.5) is 4.79 Å². The summed E-state index contributed by atoms with van der Waals surface area (Å²) in [5.74, 6) is -0.309. The lowest BCUT2D eigenvalue weighted by Gasteiger charge is -2.40. The second kappa shape index (κ2) is 6.17. The molecule has 1 heterocycles. The molecule has 116 valence electrons. The molecule has 1 fully saturated rings. The number of aryl methyl sites for hydroxylation is 1. The second-order valence-corrected chi connectivity index (χ2v) is 5.26. The van der Waals surface area contributed by atoms with Crippen LogP contribution in [-0.4, -0.2) is 36.4 Å². The van der Waals surface area contributed by atoms with Crippen molar-refractivity contribution in [3.63, 3.8) is 0 Å². The topological polar surface area (TPSA) is 101 Å². The number of amides is 2. The molecule has 2 amide bonds. The van der Waals surface area contributed by atoms with Crippen LogP contribution in [0.1, 0.15) is 41.1 Å². The van der Waals surface area contributed by atoms with E-state index in [2.05, 4.69) is 10.6 Å². The minimum atomic E-state index is -1.04. The minimum absolute atomic E-state index is 0.111. The molecule has 0 spiro atoms. The number of carboxylic acids is 1. The zero-order chi connectivity index (χ0) is 15.5. The van der Waals surface area contributed by atoms with E-state index in [1.54, 1.807) is 14.0 Å². The lowest BCUT2D eigenvalue weighted by molar-refractivity contribution is -0.0674. The largest absolute Gasteiger partial charge is 0.478 e. The first-order valence-electron chi connectivity index (χ1n) is 6.85. The minimum Gasteiger partial charge on any atom is -0.478 e. The summed E-state index contributed by atoms with van der Waals surface area (Å²) in [7, 11) is 1.65. The highest BCUT2D eigenvalue weighted by Gasteiger charge is 2.37. The summed E-state index contributed by atoms with van der Waals surface area (Å²) in [4.78, 5) is 22.6. The van der Waals surface area contributed by atoms with E-state index in [0.717, 1.165) is 19.3 Å². The van der Waals surface area contributed by atoms with Gasteiger partial charge in [0, 0.05) is 13.7 Å². The molecule has 1 saturated carbocycles. The van der Waals surface area contributed by atoms with E-state index in [1.807, 2.05) is 0 Å². The Morgan fingerprint density at radius 3 is 2.62 bits per heavy atom. The van der Waals surface area contributed by atoms with Crippen LogP contribution in [0.5, 0.6) is 0 Å². The number of methoxy groups -OCH3 is 1. The highest BCUT2D eigenvalue weighted by molar-refractivity contribution is 5.88. The average Bonchev–Trinajstić information content (AvgIpc) is 2.77. The Balaban J connectivity index is 1.78. The standard InChI is InChI=1S/C14H20N2O5/c1-9-11(12(17)18)6-10(21-9)7-15-13(19)16-8-14(20-2)4-3-5-14/h6H,3-5,7-8H2,1-2H3,(H,17,18)(H2,15,16,19). The zero-order valence-electron chi connectivity index (χ0n) is 12.2. The Kier molecular flexibility index (Phi) is 4.52. The third-order valence-electron chi connectivity index (χ3n) is 3.89. The first kappa shape index (κ1) is 15.4. The van der Waals surface area contributed by atoms with Crippen molar-refractivity contribution in [2.24, 2.45) is 0 Å². The molecule has 7 heteroatoms. The molecule has 1 aliphatic carbocycles. The smallest absolute Gasteiger partial charge is 0.339 e. The molecule has 3 N–H and O–H groups in total. The van der Waals surface area contributed by atoms with E-state index < -0.39 is 5.97 Å². The van der Waals surface area contributed by atoms with Crippen molar-refractivity contribution >= 4 is 12.0 Å². The zero-order valence-corrected chi connectivity index (χ0v) is 12.2. The molecule has 2 rings (SSSR count). The molecule has 1 aromatic rings. The third-order valence-corrected chi connectivity index (χ3v) is 3.89. The van der Waals surface area contributed by atoms with Gasteiger partial charge in [0.05, 0.1) is 12.1 Å². The number of aromatic carboxylic acids is 1. The number of hydrogen-bond acceptors (Lipinski definition) is 4. The van der Waals surface area contributed by atoms with Gasteiger partial charge in [0.15, 0.2) is 0 Å². The number of carbonyl (C=O) groups is 2. The van der Waals surface area contributed by atoms with E-state index in [1.165, 1.54) is 6.07 Å². The summed E-state index contributed by atoms with van der Waals surface area (Å²) in [6.45, 7) is 2.18. The first-order chi connectivity index (χ1) is 9.96. The fourth-order valence-corrected chi connectivity index (χ4v) is 2.34. The Morgan fingerprint density at radius 1 is 1.43 bits per heavy atom. The van der Waals surface area contributed by atoms with E-state index in [0.29, 0.717) is 18.1 Å². The number of urea groups is 1. The lowest BCUT2D eigenvalue weighted by Crippen LogP contribution is -2.51. The maximum absolute atomic E-state index is 11.7. The van der Waals surface area contributed by atoms with Crippen molar-refractivity contribution in [3.05, 3.63) is 23.2 Å². The van der Waals surface area contributed by atoms with Gasteiger partial charge in [-0.05, 0) is 32.3 Å². The van der Waals surface area contributed by atoms with Crippen LogP contribution in [-0.2, 0) is 11.3 Å². The summed E-state index contributed by atoms with van der Waals surface area (Å²) in [5, 5.41) is 14.3. The molecule has 1 aliphatic rings. The lowest BCUT2D eigenvalue weighted by atomic mass is 9.80. The van der Waals surface area contributed by atoms with Crippen molar-refractivity contribution in [2.75, 3.05) is 13.7 Å². The number of ether oxygens (including phenoxy) is 1. The second-order valence-electron chi connectivity index (χ2n) is 5.26. The number of furan rings is 1. The molecular formula is C14H20N2O5. The van der Waals surface area contributed by atoms with Crippen LogP contribution in [0.25, 0.3) is 0 Å². The molecule has 7 nitrogen and oxygen atoms in total. The van der Waals surface area contributed by atoms with Crippen LogP contribution >= 0.6 is 0 Å². The van der Waals surface area contributed by atoms with Crippen LogP contribution in [0, 0.1) is 6.92 Å². The van der Waals surface area contributed by atoms with Crippen molar-refractivity contribution in [2.45, 2.75) is 38.3 Å². The number of hydrogen-bond donors (Lipinski definition) is 3. The summed E-state index contributed by atoms with van der Waals surface area (Å²) in [6, 6.07) is 1.09. The van der Waals surface area contributed by atoms with Crippen molar-refractivity contribution in [1.29, 1.82) is 0 Å². The third kappa shape index (κ3) is 3.55. The van der Waals surface area contributed by atoms with Gasteiger partial charge in [-0.1, -0.05) is 0 Å². The highest BCUT2D eigenvalue weighted by atomic mass is 16.5. The summed E-state index contributed by atoms with van der Waals surface area (Å²) < 4.78 is 10.7. The van der Waals surface area contributed by atoms with E-state index in [-0.39, 0.29) is 23.7 Å². The molecule has 0 radical (unpaired) electrons. The molecule has 0 saturated heterocycles. The van der Waals surface area contributed by atoms with Crippen LogP contribution in [0.15, 0.2) is 10.5 Å². The monoisotopic (exact) mass is 296 g/mol. The van der Waals surface area contributed by atoms with Crippen LogP contribution < -0.4 is 10.6 Å². The molecule has 0 atom stereocenters. The Labute approximate surface area is 122 Å². The van der Waals surface area contributed by atoms with Crippen LogP contribution in [0.3, 0.4) is 0 Å². The van der Waals surface area contributed by atoms with Crippen molar-refractivity contribution in [1.82, 2.24) is 10.6 Å². The maximum Gasteiger partial charge on any atom is 0.339 e. The van der Waals surface area contributed by atoms with Gasteiger partial charge in [-0.25, -0.2) is 9.59 Å². The number of rotatable bonds is 6. The van der Waals surface area contributed by atoms with Gasteiger partial charge >= 0.3 is 12.0 Å². The van der Waals surface area contributed by atoms with Crippen molar-refractivity contribution in [3.8, 4) is 0 Å². The van der Waals surface area contributed by atoms with Crippen molar-refractivity contribution < 1.29 is 23.8 Å². The summed E-state index contributed by atoms with van der Waals surface area (Å²) in [6.07, 6.45) is 3.01.